The van der Waals surface area contributed by atoms with Gasteiger partial charge in [-0.05, 0) is 32.0 Å². The standard InChI is InChI=1S/C16H21N3O/c1-3-19-10-9-18-16(19)15(17-2)13-8-11-20-14-7-5-4-6-12(13)14/h4-7,9-10,13,15,17H,3,8,11H2,1-2H3. The predicted molar refractivity (Wildman–Crippen MR) is 79.0 cm³/mol. The van der Waals surface area contributed by atoms with E-state index in [0.717, 1.165) is 31.1 Å². The highest BCUT2D eigenvalue weighted by molar-refractivity contribution is 5.39. The molecule has 2 aromatic rings. The Hall–Kier alpha value is -1.81. The van der Waals surface area contributed by atoms with Crippen molar-refractivity contribution in [2.45, 2.75) is 31.8 Å². The number of benzene rings is 1. The van der Waals surface area contributed by atoms with Gasteiger partial charge in [0, 0.05) is 24.9 Å². The van der Waals surface area contributed by atoms with E-state index in [1.807, 2.05) is 25.5 Å². The van der Waals surface area contributed by atoms with Gasteiger partial charge in [0.05, 0.1) is 12.6 Å². The van der Waals surface area contributed by atoms with Crippen LogP contribution in [0.4, 0.5) is 0 Å². The number of likely N-dealkylation sites (N-methyl/N-ethyl adjacent to an activating group) is 1. The largest absolute Gasteiger partial charge is 0.493 e. The van der Waals surface area contributed by atoms with Gasteiger partial charge in [-0.15, -0.1) is 0 Å². The van der Waals surface area contributed by atoms with E-state index in [0.29, 0.717) is 5.92 Å². The molecule has 4 nitrogen and oxygen atoms in total. The lowest BCUT2D eigenvalue weighted by Gasteiger charge is -2.32. The van der Waals surface area contributed by atoms with Crippen LogP contribution in [0.25, 0.3) is 0 Å². The van der Waals surface area contributed by atoms with Gasteiger partial charge in [-0.2, -0.15) is 0 Å². The van der Waals surface area contributed by atoms with E-state index in [9.17, 15) is 0 Å². The molecule has 1 aromatic heterocycles. The van der Waals surface area contributed by atoms with Gasteiger partial charge in [-0.1, -0.05) is 18.2 Å². The third kappa shape index (κ3) is 2.20. The number of nitrogens with one attached hydrogen (secondary N) is 1. The minimum atomic E-state index is 0.218. The molecule has 0 bridgehead atoms. The van der Waals surface area contributed by atoms with Crippen LogP contribution in [0.1, 0.15) is 36.7 Å². The molecule has 2 unspecified atom stereocenters. The molecule has 1 N–H and O–H groups in total. The number of para-hydroxylation sites is 1. The Balaban J connectivity index is 1.99. The summed E-state index contributed by atoms with van der Waals surface area (Å²) in [6.07, 6.45) is 4.94. The van der Waals surface area contributed by atoms with Crippen molar-refractivity contribution in [1.29, 1.82) is 0 Å². The molecule has 0 fully saturated rings. The lowest BCUT2D eigenvalue weighted by molar-refractivity contribution is 0.245. The Labute approximate surface area is 119 Å². The number of rotatable bonds is 4. The Morgan fingerprint density at radius 2 is 2.30 bits per heavy atom. The summed E-state index contributed by atoms with van der Waals surface area (Å²) < 4.78 is 7.97. The number of aromatic nitrogens is 2. The Bertz CT molecular complexity index is 579. The van der Waals surface area contributed by atoms with Crippen LogP contribution in [0.3, 0.4) is 0 Å². The highest BCUT2D eigenvalue weighted by atomic mass is 16.5. The zero-order chi connectivity index (χ0) is 13.9. The fourth-order valence-electron chi connectivity index (χ4n) is 3.09. The van der Waals surface area contributed by atoms with E-state index in [-0.39, 0.29) is 6.04 Å². The first-order chi connectivity index (χ1) is 9.85. The highest BCUT2D eigenvalue weighted by Crippen LogP contribution is 2.40. The second-order valence-electron chi connectivity index (χ2n) is 5.12. The number of hydrogen-bond acceptors (Lipinski definition) is 3. The van der Waals surface area contributed by atoms with Gasteiger partial charge in [0.2, 0.25) is 0 Å². The smallest absolute Gasteiger partial charge is 0.126 e. The van der Waals surface area contributed by atoms with Gasteiger partial charge in [0.15, 0.2) is 0 Å². The predicted octanol–water partition coefficient (Wildman–Crippen LogP) is 2.73. The summed E-state index contributed by atoms with van der Waals surface area (Å²) >= 11 is 0. The molecule has 3 rings (SSSR count). The molecular weight excluding hydrogens is 250 g/mol. The second kappa shape index (κ2) is 5.67. The number of ether oxygens (including phenoxy) is 1. The molecule has 0 saturated carbocycles. The van der Waals surface area contributed by atoms with Crippen LogP contribution in [0, 0.1) is 0 Å². The normalized spacial score (nSPS) is 19.2. The van der Waals surface area contributed by atoms with E-state index in [4.69, 9.17) is 4.74 Å². The van der Waals surface area contributed by atoms with Crippen LogP contribution in [0.2, 0.25) is 0 Å². The minimum absolute atomic E-state index is 0.218. The van der Waals surface area contributed by atoms with Crippen LogP contribution >= 0.6 is 0 Å². The molecule has 0 saturated heterocycles. The first kappa shape index (κ1) is 13.2. The number of aryl methyl sites for hydroxylation is 1. The van der Waals surface area contributed by atoms with Gasteiger partial charge < -0.3 is 14.6 Å². The van der Waals surface area contributed by atoms with Gasteiger partial charge in [-0.25, -0.2) is 4.98 Å². The summed E-state index contributed by atoms with van der Waals surface area (Å²) in [6, 6.07) is 8.56. The van der Waals surface area contributed by atoms with Gasteiger partial charge >= 0.3 is 0 Å². The Morgan fingerprint density at radius 1 is 1.45 bits per heavy atom. The van der Waals surface area contributed by atoms with Crippen molar-refractivity contribution in [2.75, 3.05) is 13.7 Å². The van der Waals surface area contributed by atoms with Crippen LogP contribution in [-0.2, 0) is 6.54 Å². The van der Waals surface area contributed by atoms with E-state index in [1.165, 1.54) is 5.56 Å². The Kier molecular flexibility index (Phi) is 3.74. The number of nitrogens with zero attached hydrogens (tertiary/aromatic N) is 2. The first-order valence-electron chi connectivity index (χ1n) is 7.25. The zero-order valence-corrected chi connectivity index (χ0v) is 12.0. The maximum atomic E-state index is 5.77. The van der Waals surface area contributed by atoms with E-state index < -0.39 is 0 Å². The van der Waals surface area contributed by atoms with E-state index in [1.54, 1.807) is 0 Å². The van der Waals surface area contributed by atoms with Crippen LogP contribution < -0.4 is 10.1 Å². The Morgan fingerprint density at radius 3 is 3.10 bits per heavy atom. The summed E-state index contributed by atoms with van der Waals surface area (Å²) in [4.78, 5) is 4.57. The average Bonchev–Trinajstić information content (AvgIpc) is 2.97. The van der Waals surface area contributed by atoms with Gasteiger partial charge in [0.1, 0.15) is 11.6 Å². The molecular formula is C16H21N3O. The lowest BCUT2D eigenvalue weighted by atomic mass is 9.86. The highest BCUT2D eigenvalue weighted by Gasteiger charge is 2.31. The SMILES string of the molecule is CCn1ccnc1C(NC)C1CCOc2ccccc21. The second-order valence-corrected chi connectivity index (χ2v) is 5.12. The number of imidazole rings is 1. The molecule has 2 atom stereocenters. The van der Waals surface area contributed by atoms with Crippen molar-refractivity contribution in [3.63, 3.8) is 0 Å². The van der Waals surface area contributed by atoms with Gasteiger partial charge in [-0.3, -0.25) is 0 Å². The summed E-state index contributed by atoms with van der Waals surface area (Å²) in [7, 11) is 2.01. The minimum Gasteiger partial charge on any atom is -0.493 e. The summed E-state index contributed by atoms with van der Waals surface area (Å²) in [5.74, 6) is 2.52. The van der Waals surface area contributed by atoms with Crippen molar-refractivity contribution in [3.8, 4) is 5.75 Å². The van der Waals surface area contributed by atoms with E-state index in [2.05, 4.69) is 40.0 Å². The third-order valence-corrected chi connectivity index (χ3v) is 4.08. The molecule has 2 heterocycles. The van der Waals surface area contributed by atoms with Crippen LogP contribution in [0.5, 0.6) is 5.75 Å². The molecule has 1 aliphatic rings. The quantitative estimate of drug-likeness (QED) is 0.929. The monoisotopic (exact) mass is 271 g/mol. The average molecular weight is 271 g/mol. The molecule has 0 spiro atoms. The topological polar surface area (TPSA) is 39.1 Å². The van der Waals surface area contributed by atoms with Crippen molar-refractivity contribution < 1.29 is 4.74 Å². The van der Waals surface area contributed by atoms with Crippen LogP contribution in [0.15, 0.2) is 36.7 Å². The fraction of sp³-hybridized carbons (Fsp3) is 0.438. The first-order valence-corrected chi connectivity index (χ1v) is 7.25. The molecule has 0 radical (unpaired) electrons. The zero-order valence-electron chi connectivity index (χ0n) is 12.0. The fourth-order valence-corrected chi connectivity index (χ4v) is 3.09. The summed E-state index contributed by atoms with van der Waals surface area (Å²) in [5, 5.41) is 3.45. The number of fused-ring (bicyclic) bond motifs is 1. The molecule has 1 aromatic carbocycles. The van der Waals surface area contributed by atoms with Crippen molar-refractivity contribution >= 4 is 0 Å². The molecule has 0 aliphatic carbocycles. The molecule has 4 heteroatoms. The number of hydrogen-bond donors (Lipinski definition) is 1. The lowest BCUT2D eigenvalue weighted by Crippen LogP contribution is -2.30. The van der Waals surface area contributed by atoms with Crippen molar-refractivity contribution in [1.82, 2.24) is 14.9 Å². The van der Waals surface area contributed by atoms with Crippen LogP contribution in [-0.4, -0.2) is 23.2 Å². The summed E-state index contributed by atoms with van der Waals surface area (Å²) in [6.45, 7) is 3.86. The van der Waals surface area contributed by atoms with E-state index >= 15 is 0 Å². The molecule has 1 aliphatic heterocycles. The van der Waals surface area contributed by atoms with Crippen molar-refractivity contribution in [3.05, 3.63) is 48.0 Å². The third-order valence-electron chi connectivity index (χ3n) is 4.08. The molecule has 20 heavy (non-hydrogen) atoms. The molecule has 106 valence electrons. The summed E-state index contributed by atoms with van der Waals surface area (Å²) in [5.41, 5.74) is 1.28. The molecule has 0 amide bonds. The maximum Gasteiger partial charge on any atom is 0.126 e. The van der Waals surface area contributed by atoms with Crippen molar-refractivity contribution in [2.24, 2.45) is 0 Å². The van der Waals surface area contributed by atoms with Gasteiger partial charge in [0.25, 0.3) is 0 Å². The maximum absolute atomic E-state index is 5.77.